The number of aromatic nitrogens is 1. The van der Waals surface area contributed by atoms with Crippen molar-refractivity contribution in [2.45, 2.75) is 31.2 Å². The summed E-state index contributed by atoms with van der Waals surface area (Å²) in [7, 11) is 1.52. The Morgan fingerprint density at radius 1 is 0.892 bits per heavy atom. The number of alkyl halides is 2. The number of nitrogens with one attached hydrogen (secondary N) is 2. The molecular weight excluding hydrogens is 472 g/mol. The molecule has 4 rings (SSSR count). The Kier molecular flexibility index (Phi) is 7.82. The maximum Gasteiger partial charge on any atom is 0.320 e. The van der Waals surface area contributed by atoms with Gasteiger partial charge in [0.1, 0.15) is 11.3 Å². The lowest BCUT2D eigenvalue weighted by Crippen LogP contribution is -2.50. The number of carbonyl (C=O) groups is 1. The van der Waals surface area contributed by atoms with E-state index in [1.54, 1.807) is 54.7 Å². The number of methoxy groups -OCH3 is 1. The summed E-state index contributed by atoms with van der Waals surface area (Å²) in [5.74, 6) is -2.52. The molecule has 0 aliphatic rings. The zero-order chi connectivity index (χ0) is 26.3. The second-order valence-corrected chi connectivity index (χ2v) is 8.70. The minimum Gasteiger partial charge on any atom is -0.495 e. The summed E-state index contributed by atoms with van der Waals surface area (Å²) in [5.41, 5.74) is 1.02. The molecule has 0 aliphatic carbocycles. The number of carbonyl (C=O) groups excluding carboxylic acids is 1. The van der Waals surface area contributed by atoms with Crippen molar-refractivity contribution in [2.24, 2.45) is 0 Å². The molecule has 0 saturated carbocycles. The molecule has 7 heteroatoms. The lowest BCUT2D eigenvalue weighted by atomic mass is 9.79. The van der Waals surface area contributed by atoms with Crippen molar-refractivity contribution < 1.29 is 18.3 Å². The average Bonchev–Trinajstić information content (AvgIpc) is 2.94. The monoisotopic (exact) mass is 501 g/mol. The van der Waals surface area contributed by atoms with E-state index in [4.69, 9.17) is 4.74 Å². The first-order chi connectivity index (χ1) is 17.9. The maximum absolute atomic E-state index is 14.8. The Hall–Kier alpha value is -4.26. The quantitative estimate of drug-likeness (QED) is 0.262. The largest absolute Gasteiger partial charge is 0.495 e. The normalized spacial score (nSPS) is 12.9. The molecule has 2 N–H and O–H groups in total. The van der Waals surface area contributed by atoms with Crippen LogP contribution in [-0.4, -0.2) is 18.1 Å². The first-order valence-electron chi connectivity index (χ1n) is 12.0. The molecule has 3 aromatic carbocycles. The van der Waals surface area contributed by atoms with Crippen molar-refractivity contribution in [3.63, 3.8) is 0 Å². The van der Waals surface area contributed by atoms with E-state index in [1.807, 2.05) is 36.4 Å². The van der Waals surface area contributed by atoms with Gasteiger partial charge in [0.05, 0.1) is 18.5 Å². The van der Waals surface area contributed by atoms with Gasteiger partial charge in [0.25, 0.3) is 5.92 Å². The van der Waals surface area contributed by atoms with Gasteiger partial charge >= 0.3 is 6.03 Å². The number of anilines is 1. The molecular formula is C30H29F2N3O2. The van der Waals surface area contributed by atoms with E-state index in [9.17, 15) is 13.6 Å². The highest BCUT2D eigenvalue weighted by atomic mass is 19.3. The Morgan fingerprint density at radius 2 is 1.59 bits per heavy atom. The van der Waals surface area contributed by atoms with Gasteiger partial charge in [-0.25, -0.2) is 13.6 Å². The lowest BCUT2D eigenvalue weighted by Gasteiger charge is -2.36. The molecule has 5 nitrogen and oxygen atoms in total. The number of urea groups is 1. The number of amides is 2. The van der Waals surface area contributed by atoms with Crippen molar-refractivity contribution in [1.29, 1.82) is 0 Å². The van der Waals surface area contributed by atoms with Crippen LogP contribution in [0.4, 0.5) is 19.3 Å². The third-order valence-electron chi connectivity index (χ3n) is 6.32. The van der Waals surface area contributed by atoms with Gasteiger partial charge in [0, 0.05) is 24.6 Å². The first-order valence-corrected chi connectivity index (χ1v) is 12.0. The maximum atomic E-state index is 14.8. The van der Waals surface area contributed by atoms with Crippen LogP contribution in [-0.2, 0) is 17.9 Å². The fourth-order valence-corrected chi connectivity index (χ4v) is 4.35. The molecule has 1 unspecified atom stereocenters. The van der Waals surface area contributed by atoms with Gasteiger partial charge in [-0.3, -0.25) is 4.98 Å². The van der Waals surface area contributed by atoms with Gasteiger partial charge in [0.15, 0.2) is 0 Å². The molecule has 0 fully saturated rings. The standard InChI is InChI=1S/C30H29F2N3O2/c1-3-30(31,32)24-15-11-14-23(20-24)29(27-18-9-10-19-33-27,21-22-12-5-4-6-13-22)35-28(36)34-25-16-7-8-17-26(25)37-2/h4-20H,3,21H2,1-2H3,(H2,34,35,36). The Morgan fingerprint density at radius 3 is 2.30 bits per heavy atom. The number of pyridine rings is 1. The summed E-state index contributed by atoms with van der Waals surface area (Å²) < 4.78 is 34.9. The molecule has 1 atom stereocenters. The Bertz CT molecular complexity index is 1330. The highest BCUT2D eigenvalue weighted by Gasteiger charge is 2.39. The zero-order valence-corrected chi connectivity index (χ0v) is 20.7. The SMILES string of the molecule is CCC(F)(F)c1cccc(C(Cc2ccccc2)(NC(=O)Nc2ccccc2OC)c2ccccn2)c1. The smallest absolute Gasteiger partial charge is 0.320 e. The van der Waals surface area contributed by atoms with Crippen LogP contribution >= 0.6 is 0 Å². The molecule has 0 spiro atoms. The fourth-order valence-electron chi connectivity index (χ4n) is 4.35. The molecule has 37 heavy (non-hydrogen) atoms. The minimum atomic E-state index is -3.02. The highest BCUT2D eigenvalue weighted by Crippen LogP contribution is 2.37. The number of nitrogens with zero attached hydrogens (tertiary/aromatic N) is 1. The molecule has 190 valence electrons. The number of rotatable bonds is 9. The van der Waals surface area contributed by atoms with E-state index >= 15 is 0 Å². The number of benzene rings is 3. The van der Waals surface area contributed by atoms with E-state index in [1.165, 1.54) is 26.2 Å². The lowest BCUT2D eigenvalue weighted by molar-refractivity contribution is -0.00842. The van der Waals surface area contributed by atoms with Crippen molar-refractivity contribution in [1.82, 2.24) is 10.3 Å². The summed E-state index contributed by atoms with van der Waals surface area (Å²) in [4.78, 5) is 18.1. The van der Waals surface area contributed by atoms with Crippen LogP contribution in [0, 0.1) is 0 Å². The van der Waals surface area contributed by atoms with E-state index in [0.717, 1.165) is 5.56 Å². The summed E-state index contributed by atoms with van der Waals surface area (Å²) in [6.45, 7) is 1.45. The van der Waals surface area contributed by atoms with Gasteiger partial charge in [-0.05, 0) is 41.5 Å². The fraction of sp³-hybridized carbons (Fsp3) is 0.200. The molecule has 0 aliphatic heterocycles. The van der Waals surface area contributed by atoms with E-state index in [-0.39, 0.29) is 18.4 Å². The van der Waals surface area contributed by atoms with Gasteiger partial charge in [-0.1, -0.05) is 73.7 Å². The Labute approximate surface area is 215 Å². The zero-order valence-electron chi connectivity index (χ0n) is 20.7. The third kappa shape index (κ3) is 5.77. The first kappa shape index (κ1) is 25.8. The van der Waals surface area contributed by atoms with Crippen molar-refractivity contribution in [2.75, 3.05) is 12.4 Å². The predicted molar refractivity (Wildman–Crippen MR) is 141 cm³/mol. The van der Waals surface area contributed by atoms with Crippen LogP contribution in [0.25, 0.3) is 0 Å². The van der Waals surface area contributed by atoms with Gasteiger partial charge < -0.3 is 15.4 Å². The second-order valence-electron chi connectivity index (χ2n) is 8.70. The highest BCUT2D eigenvalue weighted by molar-refractivity contribution is 5.91. The van der Waals surface area contributed by atoms with Gasteiger partial charge in [0.2, 0.25) is 0 Å². The van der Waals surface area contributed by atoms with Crippen LogP contribution in [0.1, 0.15) is 35.7 Å². The van der Waals surface area contributed by atoms with Gasteiger partial charge in [-0.15, -0.1) is 0 Å². The number of para-hydroxylation sites is 2. The second kappa shape index (κ2) is 11.2. The number of hydrogen-bond acceptors (Lipinski definition) is 3. The Balaban J connectivity index is 1.86. The van der Waals surface area contributed by atoms with Crippen LogP contribution in [0.15, 0.2) is 103 Å². The molecule has 0 bridgehead atoms. The number of ether oxygens (including phenoxy) is 1. The van der Waals surface area contributed by atoms with E-state index < -0.39 is 17.5 Å². The predicted octanol–water partition coefficient (Wildman–Crippen LogP) is 6.90. The van der Waals surface area contributed by atoms with E-state index in [0.29, 0.717) is 22.7 Å². The van der Waals surface area contributed by atoms with Crippen LogP contribution in [0.5, 0.6) is 5.75 Å². The van der Waals surface area contributed by atoms with Crippen molar-refractivity contribution >= 4 is 11.7 Å². The average molecular weight is 502 g/mol. The van der Waals surface area contributed by atoms with Crippen LogP contribution < -0.4 is 15.4 Å². The molecule has 0 radical (unpaired) electrons. The molecule has 2 amide bonds. The minimum absolute atomic E-state index is 0.118. The molecule has 4 aromatic rings. The van der Waals surface area contributed by atoms with Gasteiger partial charge in [-0.2, -0.15) is 0 Å². The molecule has 1 heterocycles. The summed E-state index contributed by atoms with van der Waals surface area (Å²) >= 11 is 0. The third-order valence-corrected chi connectivity index (χ3v) is 6.32. The van der Waals surface area contributed by atoms with E-state index in [2.05, 4.69) is 15.6 Å². The number of halogens is 2. The summed E-state index contributed by atoms with van der Waals surface area (Å²) in [6, 6.07) is 27.7. The number of hydrogen-bond donors (Lipinski definition) is 2. The topological polar surface area (TPSA) is 63.2 Å². The summed E-state index contributed by atoms with van der Waals surface area (Å²) in [6.07, 6.45) is 1.57. The van der Waals surface area contributed by atoms with Crippen LogP contribution in [0.3, 0.4) is 0 Å². The summed E-state index contributed by atoms with van der Waals surface area (Å²) in [5, 5.41) is 5.94. The molecule has 1 aromatic heterocycles. The molecule has 0 saturated heterocycles. The van der Waals surface area contributed by atoms with Crippen molar-refractivity contribution in [3.8, 4) is 5.75 Å². The van der Waals surface area contributed by atoms with Crippen molar-refractivity contribution in [3.05, 3.63) is 126 Å². The van der Waals surface area contributed by atoms with Crippen LogP contribution in [0.2, 0.25) is 0 Å².